The highest BCUT2D eigenvalue weighted by Gasteiger charge is 2.38. The molecule has 2 rings (SSSR count). The monoisotopic (exact) mass is 278 g/mol. The van der Waals surface area contributed by atoms with Gasteiger partial charge in [0.25, 0.3) is 0 Å². The van der Waals surface area contributed by atoms with Crippen molar-refractivity contribution in [1.82, 2.24) is 10.2 Å². The molecule has 0 heterocycles. The topological polar surface area (TPSA) is 44.7 Å². The zero-order valence-corrected chi connectivity index (χ0v) is 12.7. The fourth-order valence-electron chi connectivity index (χ4n) is 2.75. The van der Waals surface area contributed by atoms with Gasteiger partial charge < -0.3 is 20.1 Å². The van der Waals surface area contributed by atoms with Crippen LogP contribution in [0.4, 0.5) is 0 Å². The molecule has 1 aliphatic rings. The van der Waals surface area contributed by atoms with Gasteiger partial charge in [0.15, 0.2) is 0 Å². The van der Waals surface area contributed by atoms with E-state index in [0.29, 0.717) is 12.1 Å². The summed E-state index contributed by atoms with van der Waals surface area (Å²) in [6.07, 6.45) is 3.32. The second-order valence-corrected chi connectivity index (χ2v) is 5.89. The van der Waals surface area contributed by atoms with Gasteiger partial charge in [-0.05, 0) is 51.1 Å². The Hall–Kier alpha value is -1.10. The van der Waals surface area contributed by atoms with Crippen molar-refractivity contribution in [2.45, 2.75) is 30.9 Å². The van der Waals surface area contributed by atoms with Crippen molar-refractivity contribution < 1.29 is 9.84 Å². The van der Waals surface area contributed by atoms with E-state index in [-0.39, 0.29) is 0 Å². The number of hydrogen-bond donors (Lipinski definition) is 2. The van der Waals surface area contributed by atoms with Crippen LogP contribution in [0.5, 0.6) is 5.75 Å². The second kappa shape index (κ2) is 6.57. The van der Waals surface area contributed by atoms with Crippen LogP contribution in [-0.2, 0) is 0 Å². The Kier molecular flexibility index (Phi) is 5.02. The summed E-state index contributed by atoms with van der Waals surface area (Å²) < 4.78 is 5.12. The van der Waals surface area contributed by atoms with E-state index in [1.165, 1.54) is 19.3 Å². The van der Waals surface area contributed by atoms with Gasteiger partial charge in [-0.25, -0.2) is 0 Å². The Morgan fingerprint density at radius 3 is 2.40 bits per heavy atom. The Bertz CT molecular complexity index is 413. The zero-order chi connectivity index (χ0) is 14.6. The fraction of sp³-hybridized carbons (Fsp3) is 0.625. The van der Waals surface area contributed by atoms with E-state index < -0.39 is 6.10 Å². The van der Waals surface area contributed by atoms with Crippen molar-refractivity contribution in [3.8, 4) is 5.75 Å². The highest BCUT2D eigenvalue weighted by Crippen LogP contribution is 2.35. The molecule has 1 unspecified atom stereocenters. The third kappa shape index (κ3) is 3.32. The molecule has 4 nitrogen and oxygen atoms in total. The number of likely N-dealkylation sites (N-methyl/N-ethyl adjacent to an activating group) is 1. The summed E-state index contributed by atoms with van der Waals surface area (Å²) in [7, 11) is 5.92. The molecule has 1 saturated carbocycles. The molecule has 1 aromatic carbocycles. The molecule has 1 atom stereocenters. The van der Waals surface area contributed by atoms with E-state index in [9.17, 15) is 5.11 Å². The lowest BCUT2D eigenvalue weighted by Gasteiger charge is -2.47. The molecule has 0 spiro atoms. The maximum Gasteiger partial charge on any atom is 0.118 e. The number of aliphatic hydroxyl groups is 1. The van der Waals surface area contributed by atoms with Crippen LogP contribution in [0.3, 0.4) is 0 Å². The van der Waals surface area contributed by atoms with Gasteiger partial charge in [-0.2, -0.15) is 0 Å². The Labute approximate surface area is 121 Å². The van der Waals surface area contributed by atoms with Crippen LogP contribution in [0, 0.1) is 0 Å². The van der Waals surface area contributed by atoms with Crippen LogP contribution in [0.15, 0.2) is 24.3 Å². The van der Waals surface area contributed by atoms with Crippen LogP contribution < -0.4 is 10.1 Å². The van der Waals surface area contributed by atoms with Crippen LogP contribution in [0.2, 0.25) is 0 Å². The number of aliphatic hydroxyl groups excluding tert-OH is 1. The number of methoxy groups -OCH3 is 1. The molecular weight excluding hydrogens is 252 g/mol. The first-order valence-electron chi connectivity index (χ1n) is 7.27. The van der Waals surface area contributed by atoms with Gasteiger partial charge in [-0.15, -0.1) is 0 Å². The smallest absolute Gasteiger partial charge is 0.118 e. The average Bonchev–Trinajstić information content (AvgIpc) is 2.41. The standard InChI is InChI=1S/C16H26N2O2/c1-18(2)16(9-4-10-16)12-17-11-15(19)13-5-7-14(20-3)8-6-13/h5-8,15,17,19H,4,9-12H2,1-3H3. The minimum atomic E-state index is -0.472. The highest BCUT2D eigenvalue weighted by atomic mass is 16.5. The largest absolute Gasteiger partial charge is 0.497 e. The van der Waals surface area contributed by atoms with Crippen molar-refractivity contribution in [3.05, 3.63) is 29.8 Å². The van der Waals surface area contributed by atoms with Crippen molar-refractivity contribution in [2.75, 3.05) is 34.3 Å². The van der Waals surface area contributed by atoms with Crippen LogP contribution >= 0.6 is 0 Å². The van der Waals surface area contributed by atoms with E-state index in [4.69, 9.17) is 4.74 Å². The maximum absolute atomic E-state index is 10.2. The molecule has 112 valence electrons. The average molecular weight is 278 g/mol. The van der Waals surface area contributed by atoms with Gasteiger partial charge in [0, 0.05) is 18.6 Å². The van der Waals surface area contributed by atoms with Gasteiger partial charge in [-0.3, -0.25) is 0 Å². The zero-order valence-electron chi connectivity index (χ0n) is 12.7. The molecule has 0 bridgehead atoms. The van der Waals surface area contributed by atoms with E-state index in [1.54, 1.807) is 7.11 Å². The summed E-state index contributed by atoms with van der Waals surface area (Å²) in [6.45, 7) is 1.52. The number of rotatable bonds is 7. The molecule has 0 radical (unpaired) electrons. The summed E-state index contributed by atoms with van der Waals surface area (Å²) in [6, 6.07) is 7.59. The van der Waals surface area contributed by atoms with Gasteiger partial charge in [-0.1, -0.05) is 12.1 Å². The number of nitrogens with one attached hydrogen (secondary N) is 1. The third-order valence-corrected chi connectivity index (χ3v) is 4.53. The molecule has 4 heteroatoms. The minimum Gasteiger partial charge on any atom is -0.497 e. The fourth-order valence-corrected chi connectivity index (χ4v) is 2.75. The predicted molar refractivity (Wildman–Crippen MR) is 81.1 cm³/mol. The van der Waals surface area contributed by atoms with E-state index in [2.05, 4.69) is 24.3 Å². The molecule has 1 aliphatic carbocycles. The summed E-state index contributed by atoms with van der Waals surface area (Å²) >= 11 is 0. The summed E-state index contributed by atoms with van der Waals surface area (Å²) in [5.41, 5.74) is 1.21. The van der Waals surface area contributed by atoms with Crippen molar-refractivity contribution >= 4 is 0 Å². The first-order chi connectivity index (χ1) is 9.57. The lowest BCUT2D eigenvalue weighted by molar-refractivity contribution is 0.0555. The van der Waals surface area contributed by atoms with E-state index in [1.807, 2.05) is 24.3 Å². The molecule has 1 fully saturated rings. The van der Waals surface area contributed by atoms with Gasteiger partial charge >= 0.3 is 0 Å². The van der Waals surface area contributed by atoms with Gasteiger partial charge in [0.1, 0.15) is 5.75 Å². The molecule has 2 N–H and O–H groups in total. The molecule has 1 aromatic rings. The lowest BCUT2D eigenvalue weighted by Crippen LogP contribution is -2.56. The SMILES string of the molecule is COc1ccc(C(O)CNCC2(N(C)C)CCC2)cc1. The van der Waals surface area contributed by atoms with E-state index in [0.717, 1.165) is 17.9 Å². The number of benzene rings is 1. The normalized spacial score (nSPS) is 18.6. The molecule has 0 aliphatic heterocycles. The molecule has 20 heavy (non-hydrogen) atoms. The maximum atomic E-state index is 10.2. The van der Waals surface area contributed by atoms with E-state index >= 15 is 0 Å². The Balaban J connectivity index is 1.81. The third-order valence-electron chi connectivity index (χ3n) is 4.53. The molecular formula is C16H26N2O2. The number of hydrogen-bond acceptors (Lipinski definition) is 4. The van der Waals surface area contributed by atoms with Crippen molar-refractivity contribution in [3.63, 3.8) is 0 Å². The first kappa shape index (κ1) is 15.3. The van der Waals surface area contributed by atoms with Gasteiger partial charge in [0.05, 0.1) is 13.2 Å². The van der Waals surface area contributed by atoms with Crippen molar-refractivity contribution in [1.29, 1.82) is 0 Å². The Morgan fingerprint density at radius 1 is 1.30 bits per heavy atom. The predicted octanol–water partition coefficient (Wildman–Crippen LogP) is 1.80. The molecule has 0 amide bonds. The number of ether oxygens (including phenoxy) is 1. The quantitative estimate of drug-likeness (QED) is 0.798. The molecule has 0 saturated heterocycles. The number of nitrogens with zero attached hydrogens (tertiary/aromatic N) is 1. The lowest BCUT2D eigenvalue weighted by atomic mass is 9.75. The summed E-state index contributed by atoms with van der Waals surface area (Å²) in [5, 5.41) is 13.6. The minimum absolute atomic E-state index is 0.291. The molecule has 0 aromatic heterocycles. The summed E-state index contributed by atoms with van der Waals surface area (Å²) in [5.74, 6) is 0.815. The van der Waals surface area contributed by atoms with Crippen LogP contribution in [-0.4, -0.2) is 49.8 Å². The summed E-state index contributed by atoms with van der Waals surface area (Å²) in [4.78, 5) is 2.31. The highest BCUT2D eigenvalue weighted by molar-refractivity contribution is 5.28. The van der Waals surface area contributed by atoms with Crippen molar-refractivity contribution in [2.24, 2.45) is 0 Å². The first-order valence-corrected chi connectivity index (χ1v) is 7.27. The van der Waals surface area contributed by atoms with Crippen LogP contribution in [0.1, 0.15) is 30.9 Å². The Morgan fingerprint density at radius 2 is 1.95 bits per heavy atom. The van der Waals surface area contributed by atoms with Crippen LogP contribution in [0.25, 0.3) is 0 Å². The second-order valence-electron chi connectivity index (χ2n) is 5.89. The van der Waals surface area contributed by atoms with Gasteiger partial charge in [0.2, 0.25) is 0 Å².